The number of aryl methyl sites for hydroxylation is 1. The van der Waals surface area contributed by atoms with Crippen LogP contribution >= 0.6 is 0 Å². The lowest BCUT2D eigenvalue weighted by molar-refractivity contribution is 0.163. The van der Waals surface area contributed by atoms with Gasteiger partial charge in [-0.3, -0.25) is 0 Å². The molecule has 2 amide bonds. The molecule has 0 aliphatic heterocycles. The highest BCUT2D eigenvalue weighted by molar-refractivity contribution is 5.74. The number of methoxy groups -OCH3 is 1. The molecule has 0 saturated heterocycles. The average Bonchev–Trinajstić information content (AvgIpc) is 3.01. The van der Waals surface area contributed by atoms with E-state index in [1.165, 1.54) is 5.56 Å². The highest BCUT2D eigenvalue weighted by atomic mass is 16.5. The summed E-state index contributed by atoms with van der Waals surface area (Å²) < 4.78 is 5.19. The minimum absolute atomic E-state index is 0.0181. The van der Waals surface area contributed by atoms with E-state index >= 15 is 0 Å². The first kappa shape index (κ1) is 16.6. The summed E-state index contributed by atoms with van der Waals surface area (Å²) in [5.74, 6) is 0.856. The molecule has 2 rings (SSSR count). The Morgan fingerprint density at radius 1 is 1.36 bits per heavy atom. The Bertz CT molecular complexity index is 485. The Kier molecular flexibility index (Phi) is 6.07. The molecule has 22 heavy (non-hydrogen) atoms. The maximum Gasteiger partial charge on any atom is 0.315 e. The van der Waals surface area contributed by atoms with Crippen molar-refractivity contribution in [2.45, 2.75) is 44.1 Å². The Morgan fingerprint density at radius 3 is 2.82 bits per heavy atom. The van der Waals surface area contributed by atoms with Gasteiger partial charge in [-0.05, 0) is 43.4 Å². The average molecular weight is 306 g/mol. The maximum atomic E-state index is 11.9. The summed E-state index contributed by atoms with van der Waals surface area (Å²) in [5, 5.41) is 15.3. The predicted octanol–water partition coefficient (Wildman–Crippen LogP) is 2.23. The second kappa shape index (κ2) is 8.03. The number of ether oxygens (including phenoxy) is 1. The highest BCUT2D eigenvalue weighted by Gasteiger charge is 2.34. The van der Waals surface area contributed by atoms with E-state index in [4.69, 9.17) is 4.74 Å². The number of rotatable bonds is 7. The van der Waals surface area contributed by atoms with Gasteiger partial charge >= 0.3 is 6.03 Å². The molecule has 5 heteroatoms. The normalized spacial score (nSPS) is 16.3. The number of hydrogen-bond acceptors (Lipinski definition) is 3. The fourth-order valence-corrected chi connectivity index (χ4v) is 2.98. The first-order chi connectivity index (χ1) is 10.7. The lowest BCUT2D eigenvalue weighted by Gasteiger charge is -2.27. The Labute approximate surface area is 132 Å². The van der Waals surface area contributed by atoms with Crippen molar-refractivity contribution >= 4 is 6.03 Å². The first-order valence-electron chi connectivity index (χ1n) is 7.97. The molecule has 1 fully saturated rings. The summed E-state index contributed by atoms with van der Waals surface area (Å²) in [6.45, 7) is 0.634. The van der Waals surface area contributed by atoms with Crippen molar-refractivity contribution in [3.8, 4) is 5.75 Å². The number of nitrogens with one attached hydrogen (secondary N) is 2. The molecule has 122 valence electrons. The first-order valence-corrected chi connectivity index (χ1v) is 7.97. The fourth-order valence-electron chi connectivity index (χ4n) is 2.98. The Morgan fingerprint density at radius 2 is 2.14 bits per heavy atom. The predicted molar refractivity (Wildman–Crippen MR) is 86.1 cm³/mol. The van der Waals surface area contributed by atoms with Crippen LogP contribution in [0.1, 0.15) is 37.7 Å². The molecule has 0 unspecified atom stereocenters. The van der Waals surface area contributed by atoms with Gasteiger partial charge in [0.2, 0.25) is 0 Å². The van der Waals surface area contributed by atoms with Crippen LogP contribution in [0.15, 0.2) is 24.3 Å². The van der Waals surface area contributed by atoms with Crippen LogP contribution in [-0.2, 0) is 6.42 Å². The topological polar surface area (TPSA) is 70.6 Å². The van der Waals surface area contributed by atoms with Crippen LogP contribution in [0, 0.1) is 0 Å². The van der Waals surface area contributed by atoms with E-state index in [-0.39, 0.29) is 12.6 Å². The number of aliphatic hydroxyl groups excluding tert-OH is 1. The molecule has 1 saturated carbocycles. The van der Waals surface area contributed by atoms with E-state index < -0.39 is 5.54 Å². The van der Waals surface area contributed by atoms with E-state index in [9.17, 15) is 9.90 Å². The molecule has 0 aromatic heterocycles. The van der Waals surface area contributed by atoms with E-state index in [1.807, 2.05) is 18.2 Å². The lowest BCUT2D eigenvalue weighted by atomic mass is 9.99. The van der Waals surface area contributed by atoms with Crippen LogP contribution in [0.25, 0.3) is 0 Å². The van der Waals surface area contributed by atoms with Crippen LogP contribution < -0.4 is 15.4 Å². The van der Waals surface area contributed by atoms with Gasteiger partial charge in [0.15, 0.2) is 0 Å². The van der Waals surface area contributed by atoms with Crippen LogP contribution in [0.2, 0.25) is 0 Å². The van der Waals surface area contributed by atoms with Gasteiger partial charge in [-0.1, -0.05) is 25.0 Å². The number of carbonyl (C=O) groups excluding carboxylic acids is 1. The number of amides is 2. The molecule has 1 aromatic carbocycles. The summed E-state index contributed by atoms with van der Waals surface area (Å²) in [7, 11) is 1.66. The molecule has 0 heterocycles. The second-order valence-electron chi connectivity index (χ2n) is 5.98. The molecule has 3 N–H and O–H groups in total. The maximum absolute atomic E-state index is 11.9. The van der Waals surface area contributed by atoms with Crippen LogP contribution in [-0.4, -0.2) is 36.9 Å². The Balaban J connectivity index is 1.68. The number of benzene rings is 1. The van der Waals surface area contributed by atoms with Crippen LogP contribution in [0.4, 0.5) is 4.79 Å². The van der Waals surface area contributed by atoms with Crippen molar-refractivity contribution in [3.63, 3.8) is 0 Å². The standard InChI is InChI=1S/C17H26N2O3/c1-22-15-8-4-6-14(12-15)7-5-11-18-16(21)19-17(13-20)9-2-3-10-17/h4,6,8,12,20H,2-3,5,7,9-11,13H2,1H3,(H2,18,19,21). The smallest absolute Gasteiger partial charge is 0.315 e. The number of urea groups is 1. The third-order valence-corrected chi connectivity index (χ3v) is 4.30. The monoisotopic (exact) mass is 306 g/mol. The minimum Gasteiger partial charge on any atom is -0.497 e. The van der Waals surface area contributed by atoms with Gasteiger partial charge < -0.3 is 20.5 Å². The summed E-state index contributed by atoms with van der Waals surface area (Å²) >= 11 is 0. The molecule has 1 aliphatic carbocycles. The molecular formula is C17H26N2O3. The number of aliphatic hydroxyl groups is 1. The Hall–Kier alpha value is -1.75. The van der Waals surface area contributed by atoms with Gasteiger partial charge in [-0.2, -0.15) is 0 Å². The molecular weight excluding hydrogens is 280 g/mol. The molecule has 5 nitrogen and oxygen atoms in total. The van der Waals surface area contributed by atoms with Gasteiger partial charge in [-0.25, -0.2) is 4.79 Å². The van der Waals surface area contributed by atoms with Crippen molar-refractivity contribution < 1.29 is 14.6 Å². The summed E-state index contributed by atoms with van der Waals surface area (Å²) in [6.07, 6.45) is 5.62. The summed E-state index contributed by atoms with van der Waals surface area (Å²) in [4.78, 5) is 11.9. The van der Waals surface area contributed by atoms with Gasteiger partial charge in [0.1, 0.15) is 5.75 Å². The largest absolute Gasteiger partial charge is 0.497 e. The van der Waals surface area contributed by atoms with E-state index in [0.29, 0.717) is 6.54 Å². The summed E-state index contributed by atoms with van der Waals surface area (Å²) in [5.41, 5.74) is 0.792. The van der Waals surface area contributed by atoms with Crippen molar-refractivity contribution in [2.75, 3.05) is 20.3 Å². The number of hydrogen-bond donors (Lipinski definition) is 3. The van der Waals surface area contributed by atoms with Crippen molar-refractivity contribution in [1.82, 2.24) is 10.6 Å². The second-order valence-corrected chi connectivity index (χ2v) is 5.98. The molecule has 0 bridgehead atoms. The van der Waals surface area contributed by atoms with E-state index in [2.05, 4.69) is 16.7 Å². The molecule has 1 aromatic rings. The molecule has 0 radical (unpaired) electrons. The van der Waals surface area contributed by atoms with Gasteiger partial charge in [-0.15, -0.1) is 0 Å². The zero-order valence-corrected chi connectivity index (χ0v) is 13.2. The van der Waals surface area contributed by atoms with Crippen LogP contribution in [0.3, 0.4) is 0 Å². The highest BCUT2D eigenvalue weighted by Crippen LogP contribution is 2.28. The van der Waals surface area contributed by atoms with Gasteiger partial charge in [0.05, 0.1) is 19.3 Å². The van der Waals surface area contributed by atoms with Gasteiger partial charge in [0.25, 0.3) is 0 Å². The third-order valence-electron chi connectivity index (χ3n) is 4.30. The fraction of sp³-hybridized carbons (Fsp3) is 0.588. The lowest BCUT2D eigenvalue weighted by Crippen LogP contribution is -2.53. The third kappa shape index (κ3) is 4.63. The summed E-state index contributed by atoms with van der Waals surface area (Å²) in [6, 6.07) is 7.78. The van der Waals surface area contributed by atoms with Crippen molar-refractivity contribution in [3.05, 3.63) is 29.8 Å². The van der Waals surface area contributed by atoms with E-state index in [0.717, 1.165) is 44.3 Å². The molecule has 0 atom stereocenters. The zero-order chi connectivity index (χ0) is 15.8. The van der Waals surface area contributed by atoms with Crippen LogP contribution in [0.5, 0.6) is 5.75 Å². The molecule has 1 aliphatic rings. The van der Waals surface area contributed by atoms with Crippen molar-refractivity contribution in [1.29, 1.82) is 0 Å². The van der Waals surface area contributed by atoms with Gasteiger partial charge in [0, 0.05) is 6.54 Å². The quantitative estimate of drug-likeness (QED) is 0.677. The minimum atomic E-state index is -0.406. The van der Waals surface area contributed by atoms with E-state index in [1.54, 1.807) is 7.11 Å². The SMILES string of the molecule is COc1cccc(CCCNC(=O)NC2(CO)CCCC2)c1. The molecule has 0 spiro atoms. The zero-order valence-electron chi connectivity index (χ0n) is 13.2. The van der Waals surface area contributed by atoms with Crippen molar-refractivity contribution in [2.24, 2.45) is 0 Å². The number of carbonyl (C=O) groups is 1.